The van der Waals surface area contributed by atoms with Gasteiger partial charge in [-0.25, -0.2) is 18.4 Å². The summed E-state index contributed by atoms with van der Waals surface area (Å²) in [4.78, 5) is 9.71. The Bertz CT molecular complexity index is 964. The van der Waals surface area contributed by atoms with Crippen molar-refractivity contribution in [2.75, 3.05) is 19.3 Å². The van der Waals surface area contributed by atoms with Gasteiger partial charge < -0.3 is 10.6 Å². The second-order valence-corrected chi connectivity index (χ2v) is 11.0. The zero-order chi connectivity index (χ0) is 21.7. The number of hydrogen-bond donors (Lipinski definition) is 2. The van der Waals surface area contributed by atoms with Crippen LogP contribution in [0.3, 0.4) is 0 Å². The van der Waals surface area contributed by atoms with Crippen LogP contribution in [0, 0.1) is 6.92 Å². The van der Waals surface area contributed by atoms with Crippen molar-refractivity contribution < 1.29 is 8.42 Å². The summed E-state index contributed by atoms with van der Waals surface area (Å²) in [5, 5.41) is 9.84. The van der Waals surface area contributed by atoms with E-state index < -0.39 is 9.84 Å². The number of aryl methyl sites for hydroxylation is 1. The number of aromatic nitrogens is 1. The van der Waals surface area contributed by atoms with Crippen LogP contribution in [0.5, 0.6) is 0 Å². The van der Waals surface area contributed by atoms with Crippen LogP contribution in [-0.2, 0) is 28.2 Å². The van der Waals surface area contributed by atoms with Crippen molar-refractivity contribution >= 4 is 51.1 Å². The van der Waals surface area contributed by atoms with Crippen LogP contribution >= 0.6 is 35.3 Å². The Hall–Kier alpha value is -1.20. The molecule has 6 nitrogen and oxygen atoms in total. The van der Waals surface area contributed by atoms with E-state index in [9.17, 15) is 8.42 Å². The third kappa shape index (κ3) is 8.14. The molecule has 0 amide bonds. The lowest BCUT2D eigenvalue weighted by Gasteiger charge is -2.14. The minimum absolute atomic E-state index is 0. The van der Waals surface area contributed by atoms with Gasteiger partial charge in [0, 0.05) is 36.6 Å². The van der Waals surface area contributed by atoms with E-state index >= 15 is 0 Å². The van der Waals surface area contributed by atoms with Crippen molar-refractivity contribution in [3.8, 4) is 0 Å². The smallest absolute Gasteiger partial charge is 0.191 e. The summed E-state index contributed by atoms with van der Waals surface area (Å²) in [5.41, 5.74) is 2.92. The molecule has 0 fully saturated rings. The average Bonchev–Trinajstić information content (AvgIpc) is 3.08. The number of nitrogens with zero attached hydrogens (tertiary/aromatic N) is 2. The largest absolute Gasteiger partial charge is 0.357 e. The van der Waals surface area contributed by atoms with Gasteiger partial charge in [-0.15, -0.1) is 35.3 Å². The first-order chi connectivity index (χ1) is 13.5. The molecule has 0 aliphatic rings. The molecule has 30 heavy (non-hydrogen) atoms. The van der Waals surface area contributed by atoms with Crippen molar-refractivity contribution in [1.82, 2.24) is 15.6 Å². The second-order valence-electron chi connectivity index (χ2n) is 8.12. The lowest BCUT2D eigenvalue weighted by Crippen LogP contribution is -2.38. The van der Waals surface area contributed by atoms with Gasteiger partial charge in [0.15, 0.2) is 15.8 Å². The first-order valence-corrected chi connectivity index (χ1v) is 12.5. The molecule has 1 aromatic carbocycles. The maximum atomic E-state index is 11.8. The van der Waals surface area contributed by atoms with Crippen molar-refractivity contribution in [3.63, 3.8) is 0 Å². The fourth-order valence-electron chi connectivity index (χ4n) is 2.80. The van der Waals surface area contributed by atoms with Gasteiger partial charge in [-0.05, 0) is 31.0 Å². The zero-order valence-corrected chi connectivity index (χ0v) is 22.5. The van der Waals surface area contributed by atoms with Crippen LogP contribution in [0.4, 0.5) is 0 Å². The van der Waals surface area contributed by atoms with E-state index in [4.69, 9.17) is 4.98 Å². The number of benzene rings is 1. The van der Waals surface area contributed by atoms with Crippen LogP contribution in [0.15, 0.2) is 33.5 Å². The van der Waals surface area contributed by atoms with Gasteiger partial charge in [-0.2, -0.15) is 0 Å². The van der Waals surface area contributed by atoms with E-state index in [1.54, 1.807) is 17.4 Å². The molecule has 0 aliphatic heterocycles. The van der Waals surface area contributed by atoms with Gasteiger partial charge in [0.2, 0.25) is 0 Å². The Labute approximate surface area is 201 Å². The molecule has 2 N–H and O–H groups in total. The Morgan fingerprint density at radius 1 is 1.23 bits per heavy atom. The number of hydrogen-bond acceptors (Lipinski definition) is 5. The molecule has 0 saturated heterocycles. The third-order valence-electron chi connectivity index (χ3n) is 4.35. The second kappa shape index (κ2) is 11.4. The zero-order valence-electron chi connectivity index (χ0n) is 18.6. The van der Waals surface area contributed by atoms with Crippen LogP contribution in [0.25, 0.3) is 0 Å². The van der Waals surface area contributed by atoms with E-state index in [0.717, 1.165) is 47.3 Å². The highest BCUT2D eigenvalue weighted by atomic mass is 127. The number of nitrogens with one attached hydrogen (secondary N) is 2. The van der Waals surface area contributed by atoms with Crippen LogP contribution < -0.4 is 10.6 Å². The summed E-state index contributed by atoms with van der Waals surface area (Å²) in [5.74, 6) is 0.741. The Morgan fingerprint density at radius 3 is 2.47 bits per heavy atom. The molecular weight excluding hydrogens is 531 g/mol. The molecule has 0 atom stereocenters. The summed E-state index contributed by atoms with van der Waals surface area (Å²) in [6, 6.07) is 5.36. The molecule has 1 heterocycles. The predicted molar refractivity (Wildman–Crippen MR) is 137 cm³/mol. The van der Waals surface area contributed by atoms with E-state index in [-0.39, 0.29) is 29.4 Å². The summed E-state index contributed by atoms with van der Waals surface area (Å²) in [6.07, 6.45) is 2.07. The number of sulfone groups is 1. The number of guanidine groups is 1. The molecular formula is C21H33IN4O2S2. The fraction of sp³-hybridized carbons (Fsp3) is 0.524. The van der Waals surface area contributed by atoms with Gasteiger partial charge >= 0.3 is 0 Å². The van der Waals surface area contributed by atoms with E-state index in [1.807, 2.05) is 26.0 Å². The summed E-state index contributed by atoms with van der Waals surface area (Å²) < 4.78 is 23.5. The highest BCUT2D eigenvalue weighted by Crippen LogP contribution is 2.24. The third-order valence-corrected chi connectivity index (χ3v) is 6.52. The highest BCUT2D eigenvalue weighted by molar-refractivity contribution is 14.0. The number of aliphatic imine (C=N–C) groups is 1. The van der Waals surface area contributed by atoms with Gasteiger partial charge in [-0.1, -0.05) is 32.9 Å². The fourth-order valence-corrected chi connectivity index (χ4v) is 4.78. The monoisotopic (exact) mass is 564 g/mol. The first-order valence-electron chi connectivity index (χ1n) is 9.77. The van der Waals surface area contributed by atoms with Gasteiger partial charge in [0.05, 0.1) is 22.1 Å². The lowest BCUT2D eigenvalue weighted by molar-refractivity contribution is 0.570. The van der Waals surface area contributed by atoms with E-state index in [0.29, 0.717) is 11.4 Å². The summed E-state index contributed by atoms with van der Waals surface area (Å²) in [6.45, 7) is 12.3. The molecule has 0 radical (unpaired) electrons. The Balaban J connectivity index is 0.00000450. The van der Waals surface area contributed by atoms with Crippen molar-refractivity contribution in [3.05, 3.63) is 45.4 Å². The predicted octanol–water partition coefficient (Wildman–Crippen LogP) is 4.07. The van der Waals surface area contributed by atoms with Crippen LogP contribution in [0.2, 0.25) is 0 Å². The van der Waals surface area contributed by atoms with Crippen LogP contribution in [0.1, 0.15) is 49.5 Å². The molecule has 2 rings (SSSR count). The maximum absolute atomic E-state index is 11.8. The molecule has 2 aromatic rings. The lowest BCUT2D eigenvalue weighted by atomic mass is 9.93. The van der Waals surface area contributed by atoms with Crippen LogP contribution in [-0.4, -0.2) is 38.7 Å². The Morgan fingerprint density at radius 2 is 1.93 bits per heavy atom. The Kier molecular flexibility index (Phi) is 10.2. The SMILES string of the molecule is CCNC(=NCc1ccc(S(C)(=O)=O)c(C)c1)NCCc1nc(C(C)(C)C)cs1.I. The molecule has 0 saturated carbocycles. The van der Waals surface area contributed by atoms with E-state index in [1.165, 1.54) is 6.26 Å². The van der Waals surface area contributed by atoms with Crippen molar-refractivity contribution in [2.45, 2.75) is 57.9 Å². The molecule has 0 spiro atoms. The molecule has 1 aromatic heterocycles. The molecule has 0 aliphatic carbocycles. The molecule has 168 valence electrons. The maximum Gasteiger partial charge on any atom is 0.191 e. The van der Waals surface area contributed by atoms with Gasteiger partial charge in [0.1, 0.15) is 0 Å². The minimum atomic E-state index is -3.20. The number of thiazole rings is 1. The highest BCUT2D eigenvalue weighted by Gasteiger charge is 2.17. The first kappa shape index (κ1) is 26.8. The van der Waals surface area contributed by atoms with Gasteiger partial charge in [-0.3, -0.25) is 0 Å². The minimum Gasteiger partial charge on any atom is -0.357 e. The summed E-state index contributed by atoms with van der Waals surface area (Å²) >= 11 is 1.70. The quantitative estimate of drug-likeness (QED) is 0.301. The van der Waals surface area contributed by atoms with Crippen molar-refractivity contribution in [1.29, 1.82) is 0 Å². The van der Waals surface area contributed by atoms with Crippen molar-refractivity contribution in [2.24, 2.45) is 4.99 Å². The normalized spacial score (nSPS) is 12.4. The van der Waals surface area contributed by atoms with Gasteiger partial charge in [0.25, 0.3) is 0 Å². The summed E-state index contributed by atoms with van der Waals surface area (Å²) in [7, 11) is -3.20. The average molecular weight is 565 g/mol. The topological polar surface area (TPSA) is 83.5 Å². The number of halogens is 1. The number of rotatable bonds is 7. The molecule has 9 heteroatoms. The van der Waals surface area contributed by atoms with E-state index in [2.05, 4.69) is 41.8 Å². The standard InChI is InChI=1S/C21H32N4O2S2.HI/c1-7-22-20(23-11-10-19-25-18(14-28-19)21(3,4)5)24-13-16-8-9-17(15(2)12-16)29(6,26)27;/h8-9,12,14H,7,10-11,13H2,1-6H3,(H2,22,23,24);1H. The molecule has 0 unspecified atom stereocenters. The molecule has 0 bridgehead atoms.